The van der Waals surface area contributed by atoms with Crippen LogP contribution in [0.4, 0.5) is 10.2 Å². The number of alkyl halides is 1. The van der Waals surface area contributed by atoms with Crippen molar-refractivity contribution in [3.63, 3.8) is 0 Å². The molecule has 30 heavy (non-hydrogen) atoms. The molecule has 0 spiro atoms. The van der Waals surface area contributed by atoms with Gasteiger partial charge < -0.3 is 24.3 Å². The lowest BCUT2D eigenvalue weighted by atomic mass is 9.99. The predicted octanol–water partition coefficient (Wildman–Crippen LogP) is 2.55. The van der Waals surface area contributed by atoms with E-state index in [2.05, 4.69) is 28.0 Å². The third-order valence-electron chi connectivity index (χ3n) is 6.21. The van der Waals surface area contributed by atoms with Gasteiger partial charge in [-0.2, -0.15) is 0 Å². The first-order valence-corrected chi connectivity index (χ1v) is 11.1. The number of nitrogens with one attached hydrogen (secondary N) is 1. The number of carbonyl (C=O) groups excluding carboxylic acids is 1. The zero-order valence-corrected chi connectivity index (χ0v) is 18.0. The number of unbranched alkanes of at least 4 members (excludes halogenated alkanes) is 1. The van der Waals surface area contributed by atoms with Crippen molar-refractivity contribution in [2.24, 2.45) is 4.99 Å². The Balaban J connectivity index is 1.58. The zero-order chi connectivity index (χ0) is 21.1. The largest absolute Gasteiger partial charge is 0.385 e. The number of halogens is 1. The number of hydrogen-bond acceptors (Lipinski definition) is 5. The molecule has 0 aromatic carbocycles. The third kappa shape index (κ3) is 4.60. The van der Waals surface area contributed by atoms with Gasteiger partial charge in [-0.15, -0.1) is 0 Å². The summed E-state index contributed by atoms with van der Waals surface area (Å²) >= 11 is 0. The second kappa shape index (κ2) is 9.58. The summed E-state index contributed by atoms with van der Waals surface area (Å²) in [6.45, 7) is 5.46. The molecule has 1 N–H and O–H groups in total. The van der Waals surface area contributed by atoms with Gasteiger partial charge in [0.15, 0.2) is 0 Å². The number of ether oxygens (including phenoxy) is 2. The minimum atomic E-state index is -1.08. The van der Waals surface area contributed by atoms with E-state index in [9.17, 15) is 9.18 Å². The molecule has 3 atom stereocenters. The van der Waals surface area contributed by atoms with Crippen LogP contribution in [0.1, 0.15) is 49.8 Å². The summed E-state index contributed by atoms with van der Waals surface area (Å²) in [7, 11) is 1.71. The zero-order valence-electron chi connectivity index (χ0n) is 18.0. The molecular weight excluding hydrogens is 387 g/mol. The third-order valence-corrected chi connectivity index (χ3v) is 6.21. The maximum atomic E-state index is 14.2. The lowest BCUT2D eigenvalue weighted by molar-refractivity contribution is -0.148. The Morgan fingerprint density at radius 1 is 1.47 bits per heavy atom. The van der Waals surface area contributed by atoms with Crippen molar-refractivity contribution in [1.29, 1.82) is 0 Å². The molecule has 1 saturated carbocycles. The van der Waals surface area contributed by atoms with Crippen LogP contribution in [-0.4, -0.2) is 73.3 Å². The van der Waals surface area contributed by atoms with Gasteiger partial charge in [0.2, 0.25) is 0 Å². The van der Waals surface area contributed by atoms with E-state index in [1.165, 1.54) is 6.21 Å². The monoisotopic (exact) mass is 420 g/mol. The average molecular weight is 421 g/mol. The van der Waals surface area contributed by atoms with Gasteiger partial charge in [-0.25, -0.2) is 9.38 Å². The number of carbonyl (C=O) groups is 1. The van der Waals surface area contributed by atoms with Crippen LogP contribution in [0.15, 0.2) is 11.2 Å². The number of methoxy groups -OCH3 is 1. The van der Waals surface area contributed by atoms with Gasteiger partial charge in [0.1, 0.15) is 18.1 Å². The molecule has 7 nitrogen and oxygen atoms in total. The second-order valence-electron chi connectivity index (χ2n) is 8.49. The topological polar surface area (TPSA) is 68.1 Å². The molecule has 1 unspecified atom stereocenters. The molecule has 1 saturated heterocycles. The standard InChI is InChI=1S/C22H33FN4O3/c1-15(27(17-5-6-17)22(28)20-13-24-7-10-30-20)19-14-26(8-3-4-9-29-2)21-18(19)11-16(23)12-25-21/h12,14-17,20,24H,3-11,13H2,1-2H3/t15-,16?,20-/m1/s1. The molecule has 1 aliphatic carbocycles. The lowest BCUT2D eigenvalue weighted by Crippen LogP contribution is -2.50. The van der Waals surface area contributed by atoms with E-state index in [1.807, 2.05) is 4.90 Å². The van der Waals surface area contributed by atoms with Gasteiger partial charge in [0, 0.05) is 63.8 Å². The summed E-state index contributed by atoms with van der Waals surface area (Å²) in [6.07, 6.45) is 6.22. The van der Waals surface area contributed by atoms with Crippen molar-refractivity contribution >= 4 is 17.9 Å². The first kappa shape index (κ1) is 21.5. The molecule has 2 aliphatic heterocycles. The predicted molar refractivity (Wildman–Crippen MR) is 113 cm³/mol. The van der Waals surface area contributed by atoms with Crippen molar-refractivity contribution in [3.05, 3.63) is 17.3 Å². The number of amides is 1. The van der Waals surface area contributed by atoms with E-state index >= 15 is 0 Å². The summed E-state index contributed by atoms with van der Waals surface area (Å²) in [6, 6.07) is 0.108. The normalized spacial score (nSPS) is 24.5. The maximum absolute atomic E-state index is 14.2. The lowest BCUT2D eigenvalue weighted by Gasteiger charge is -2.34. The second-order valence-corrected chi connectivity index (χ2v) is 8.49. The first-order valence-electron chi connectivity index (χ1n) is 11.1. The van der Waals surface area contributed by atoms with E-state index in [1.54, 1.807) is 7.11 Å². The fraction of sp³-hybridized carbons (Fsp3) is 0.727. The fourth-order valence-electron chi connectivity index (χ4n) is 4.51. The van der Waals surface area contributed by atoms with Crippen LogP contribution in [0.5, 0.6) is 0 Å². The number of nitrogens with zero attached hydrogens (tertiary/aromatic N) is 3. The Bertz CT molecular complexity index is 771. The highest BCUT2D eigenvalue weighted by atomic mass is 19.1. The van der Waals surface area contributed by atoms with Crippen LogP contribution >= 0.6 is 0 Å². The van der Waals surface area contributed by atoms with Crippen LogP contribution < -0.4 is 5.32 Å². The Morgan fingerprint density at radius 3 is 3.00 bits per heavy atom. The molecular formula is C22H33FN4O3. The highest BCUT2D eigenvalue weighted by molar-refractivity contribution is 5.82. The smallest absolute Gasteiger partial charge is 0.253 e. The summed E-state index contributed by atoms with van der Waals surface area (Å²) in [5, 5.41) is 3.25. The molecule has 1 aromatic rings. The molecule has 166 valence electrons. The minimum Gasteiger partial charge on any atom is -0.385 e. The SMILES string of the molecule is COCCCCn1cc([C@@H](C)N(C(=O)[C@H]2CNCCO2)C2CC2)c2c1N=CC(F)C2. The Hall–Kier alpha value is -1.77. The quantitative estimate of drug-likeness (QED) is 0.624. The molecule has 4 rings (SSSR count). The number of fused-ring (bicyclic) bond motifs is 1. The van der Waals surface area contributed by atoms with E-state index in [0.29, 0.717) is 19.6 Å². The van der Waals surface area contributed by atoms with Gasteiger partial charge in [0.25, 0.3) is 5.91 Å². The Morgan fingerprint density at radius 2 is 2.30 bits per heavy atom. The van der Waals surface area contributed by atoms with Gasteiger partial charge >= 0.3 is 0 Å². The van der Waals surface area contributed by atoms with Crippen LogP contribution in [0.3, 0.4) is 0 Å². The highest BCUT2D eigenvalue weighted by Crippen LogP contribution is 2.40. The molecule has 0 radical (unpaired) electrons. The van der Waals surface area contributed by atoms with Crippen molar-refractivity contribution in [3.8, 4) is 0 Å². The Labute approximate surface area is 177 Å². The van der Waals surface area contributed by atoms with Gasteiger partial charge in [-0.3, -0.25) is 4.79 Å². The highest BCUT2D eigenvalue weighted by Gasteiger charge is 2.41. The van der Waals surface area contributed by atoms with Crippen LogP contribution in [0.25, 0.3) is 0 Å². The van der Waals surface area contributed by atoms with Gasteiger partial charge in [-0.05, 0) is 38.2 Å². The van der Waals surface area contributed by atoms with Crippen LogP contribution in [-0.2, 0) is 27.2 Å². The van der Waals surface area contributed by atoms with Gasteiger partial charge in [-0.1, -0.05) is 0 Å². The van der Waals surface area contributed by atoms with E-state index in [-0.39, 0.29) is 18.0 Å². The summed E-state index contributed by atoms with van der Waals surface area (Å²) in [5.74, 6) is 0.872. The van der Waals surface area contributed by atoms with E-state index in [0.717, 1.165) is 62.3 Å². The Kier molecular flexibility index (Phi) is 6.85. The number of rotatable bonds is 9. The molecule has 1 amide bonds. The molecule has 3 aliphatic rings. The van der Waals surface area contributed by atoms with Crippen LogP contribution in [0.2, 0.25) is 0 Å². The summed E-state index contributed by atoms with van der Waals surface area (Å²) < 4.78 is 27.2. The number of aromatic nitrogens is 1. The molecule has 8 heteroatoms. The number of morpholine rings is 1. The first-order chi connectivity index (χ1) is 14.6. The minimum absolute atomic E-state index is 0.0369. The maximum Gasteiger partial charge on any atom is 0.253 e. The summed E-state index contributed by atoms with van der Waals surface area (Å²) in [4.78, 5) is 19.7. The van der Waals surface area contributed by atoms with Crippen molar-refractivity contribution in [2.45, 2.75) is 69.9 Å². The number of aryl methyl sites for hydroxylation is 1. The molecule has 0 bridgehead atoms. The van der Waals surface area contributed by atoms with Crippen molar-refractivity contribution in [2.75, 3.05) is 33.4 Å². The number of hydrogen-bond donors (Lipinski definition) is 1. The van der Waals surface area contributed by atoms with E-state index < -0.39 is 12.3 Å². The van der Waals surface area contributed by atoms with Crippen molar-refractivity contribution < 1.29 is 18.7 Å². The fourth-order valence-corrected chi connectivity index (χ4v) is 4.51. The number of aliphatic imine (C=N–C) groups is 1. The van der Waals surface area contributed by atoms with Crippen LogP contribution in [0, 0.1) is 0 Å². The van der Waals surface area contributed by atoms with Crippen molar-refractivity contribution in [1.82, 2.24) is 14.8 Å². The molecule has 3 heterocycles. The average Bonchev–Trinajstić information content (AvgIpc) is 3.53. The van der Waals surface area contributed by atoms with Gasteiger partial charge in [0.05, 0.1) is 12.6 Å². The van der Waals surface area contributed by atoms with E-state index in [4.69, 9.17) is 9.47 Å². The summed E-state index contributed by atoms with van der Waals surface area (Å²) in [5.41, 5.74) is 1.95. The molecule has 2 fully saturated rings. The molecule has 1 aromatic heterocycles.